The summed E-state index contributed by atoms with van der Waals surface area (Å²) in [6.45, 7) is 0. The van der Waals surface area contributed by atoms with Gasteiger partial charge >= 0.3 is 5.97 Å². The van der Waals surface area contributed by atoms with Crippen molar-refractivity contribution < 1.29 is 14.0 Å². The van der Waals surface area contributed by atoms with Crippen LogP contribution in [0.15, 0.2) is 30.5 Å². The minimum Gasteiger partial charge on any atom is -0.465 e. The van der Waals surface area contributed by atoms with Crippen LogP contribution in [0.2, 0.25) is 0 Å². The van der Waals surface area contributed by atoms with Gasteiger partial charge in [0.05, 0.1) is 28.3 Å². The number of esters is 1. The molecular weight excluding hydrogens is 240 g/mol. The molecule has 1 N–H and O–H groups in total. The Hall–Kier alpha value is -1.81. The van der Waals surface area contributed by atoms with Crippen molar-refractivity contribution in [3.63, 3.8) is 0 Å². The molecule has 0 bridgehead atoms. The normalized spacial score (nSPS) is 13.5. The number of ether oxygens (including phenoxy) is 1. The molecule has 0 unspecified atom stereocenters. The molecule has 19 heavy (non-hydrogen) atoms. The summed E-state index contributed by atoms with van der Waals surface area (Å²) in [6.07, 6.45) is 2.65. The van der Waals surface area contributed by atoms with Crippen LogP contribution in [0.25, 0.3) is 10.9 Å². The molecule has 102 valence electrons. The molecule has 0 aliphatic heterocycles. The predicted molar refractivity (Wildman–Crippen MR) is 75.8 cm³/mol. The fourth-order valence-corrected chi connectivity index (χ4v) is 2.32. The summed E-state index contributed by atoms with van der Waals surface area (Å²) in [4.78, 5) is 15.2. The zero-order valence-electron chi connectivity index (χ0n) is 11.9. The van der Waals surface area contributed by atoms with Gasteiger partial charge < -0.3 is 14.2 Å². The van der Waals surface area contributed by atoms with Crippen molar-refractivity contribution in [3.05, 3.63) is 36.0 Å². The maximum absolute atomic E-state index is 12.0. The third kappa shape index (κ3) is 2.79. The lowest BCUT2D eigenvalue weighted by atomic mass is 10.0. The molecule has 0 saturated heterocycles. The van der Waals surface area contributed by atoms with Gasteiger partial charge in [0.25, 0.3) is 0 Å². The van der Waals surface area contributed by atoms with E-state index in [1.807, 2.05) is 45.5 Å². The monoisotopic (exact) mass is 261 g/mol. The minimum absolute atomic E-state index is 0.169. The number of aromatic nitrogens is 1. The Kier molecular flexibility index (Phi) is 3.62. The van der Waals surface area contributed by atoms with Gasteiger partial charge in [0.2, 0.25) is 0 Å². The number of aromatic amines is 1. The highest BCUT2D eigenvalue weighted by atomic mass is 16.5. The number of fused-ring (bicyclic) bond motifs is 1. The van der Waals surface area contributed by atoms with Crippen molar-refractivity contribution in [1.29, 1.82) is 0 Å². The van der Waals surface area contributed by atoms with Crippen molar-refractivity contribution in [3.8, 4) is 0 Å². The van der Waals surface area contributed by atoms with Crippen LogP contribution in [0.4, 0.5) is 0 Å². The Morgan fingerprint density at radius 1 is 1.32 bits per heavy atom. The number of methoxy groups -OCH3 is 1. The van der Waals surface area contributed by atoms with E-state index in [9.17, 15) is 4.79 Å². The average Bonchev–Trinajstić information content (AvgIpc) is 2.77. The van der Waals surface area contributed by atoms with Crippen LogP contribution < -0.4 is 0 Å². The summed E-state index contributed by atoms with van der Waals surface area (Å²) in [5.41, 5.74) is 2.25. The van der Waals surface area contributed by atoms with E-state index < -0.39 is 0 Å². The number of hydrogen-bond acceptors (Lipinski definition) is 2. The van der Waals surface area contributed by atoms with Gasteiger partial charge in [-0.05, 0) is 11.6 Å². The van der Waals surface area contributed by atoms with E-state index in [0.717, 1.165) is 11.1 Å². The zero-order chi connectivity index (χ0) is 14.0. The standard InChI is InChI=1S/C15H21N2O2/c1-17(2,3)14(15(18)19-4)9-11-10-16-13-8-6-5-7-12(11)13/h5-8,10,14,16H,9H2,1-4H3/q+1/t14-/m1/s1. The van der Waals surface area contributed by atoms with Gasteiger partial charge in [0, 0.05) is 23.5 Å². The Morgan fingerprint density at radius 3 is 2.63 bits per heavy atom. The summed E-state index contributed by atoms with van der Waals surface area (Å²) in [5, 5.41) is 1.17. The van der Waals surface area contributed by atoms with Crippen LogP contribution in [-0.4, -0.2) is 49.7 Å². The van der Waals surface area contributed by atoms with Crippen LogP contribution in [0.1, 0.15) is 5.56 Å². The molecule has 1 atom stereocenters. The summed E-state index contributed by atoms with van der Waals surface area (Å²) in [6, 6.07) is 7.92. The number of quaternary nitrogens is 1. The number of carbonyl (C=O) groups excluding carboxylic acids is 1. The Balaban J connectivity index is 2.34. The van der Waals surface area contributed by atoms with Crippen LogP contribution >= 0.6 is 0 Å². The lowest BCUT2D eigenvalue weighted by Gasteiger charge is -2.31. The van der Waals surface area contributed by atoms with Gasteiger partial charge in [0.15, 0.2) is 6.04 Å². The quantitative estimate of drug-likeness (QED) is 0.675. The average molecular weight is 261 g/mol. The molecule has 2 aromatic rings. The SMILES string of the molecule is COC(=O)[C@@H](Cc1c[nH]c2ccccc12)[N+](C)(C)C. The number of nitrogens with zero attached hydrogens (tertiary/aromatic N) is 1. The first-order valence-corrected chi connectivity index (χ1v) is 6.37. The van der Waals surface area contributed by atoms with E-state index in [1.165, 1.54) is 12.5 Å². The van der Waals surface area contributed by atoms with Crippen LogP contribution in [0.5, 0.6) is 0 Å². The second-order valence-corrected chi connectivity index (χ2v) is 5.72. The molecule has 0 aliphatic carbocycles. The number of para-hydroxylation sites is 1. The highest BCUT2D eigenvalue weighted by Crippen LogP contribution is 2.21. The van der Waals surface area contributed by atoms with Gasteiger partial charge in [-0.1, -0.05) is 18.2 Å². The molecule has 0 spiro atoms. The molecule has 1 aromatic carbocycles. The van der Waals surface area contributed by atoms with E-state index in [1.54, 1.807) is 0 Å². The third-order valence-electron chi connectivity index (χ3n) is 3.50. The van der Waals surface area contributed by atoms with Crippen molar-refractivity contribution in [1.82, 2.24) is 4.98 Å². The van der Waals surface area contributed by atoms with Crippen molar-refractivity contribution in [2.45, 2.75) is 12.5 Å². The van der Waals surface area contributed by atoms with E-state index in [0.29, 0.717) is 10.9 Å². The molecule has 0 aliphatic rings. The summed E-state index contributed by atoms with van der Waals surface area (Å²) in [7, 11) is 7.48. The first kappa shape index (κ1) is 13.6. The molecule has 0 saturated carbocycles. The van der Waals surface area contributed by atoms with Gasteiger partial charge in [-0.2, -0.15) is 0 Å². The molecule has 0 radical (unpaired) electrons. The number of carbonyl (C=O) groups is 1. The molecule has 1 aromatic heterocycles. The maximum atomic E-state index is 12.0. The number of H-pyrrole nitrogens is 1. The van der Waals surface area contributed by atoms with Gasteiger partial charge in [-0.15, -0.1) is 0 Å². The highest BCUT2D eigenvalue weighted by Gasteiger charge is 2.33. The van der Waals surface area contributed by atoms with Crippen molar-refractivity contribution in [2.75, 3.05) is 28.3 Å². The predicted octanol–water partition coefficient (Wildman–Crippen LogP) is 1.96. The number of likely N-dealkylation sites (N-methyl/N-ethyl adjacent to an activating group) is 1. The second kappa shape index (κ2) is 5.05. The van der Waals surface area contributed by atoms with E-state index in [2.05, 4.69) is 11.1 Å². The number of benzene rings is 1. The third-order valence-corrected chi connectivity index (χ3v) is 3.50. The fraction of sp³-hybridized carbons (Fsp3) is 0.400. The van der Waals surface area contributed by atoms with Gasteiger partial charge in [0.1, 0.15) is 0 Å². The number of hydrogen-bond donors (Lipinski definition) is 1. The van der Waals surface area contributed by atoms with E-state index >= 15 is 0 Å². The number of rotatable bonds is 4. The Bertz CT molecular complexity index is 581. The van der Waals surface area contributed by atoms with E-state index in [-0.39, 0.29) is 12.0 Å². The fourth-order valence-electron chi connectivity index (χ4n) is 2.32. The summed E-state index contributed by atoms with van der Waals surface area (Å²) in [5.74, 6) is -0.169. The van der Waals surface area contributed by atoms with Crippen LogP contribution in [0, 0.1) is 0 Å². The maximum Gasteiger partial charge on any atom is 0.365 e. The second-order valence-electron chi connectivity index (χ2n) is 5.72. The molecule has 1 heterocycles. The molecule has 4 nitrogen and oxygen atoms in total. The Labute approximate surface area is 113 Å². The van der Waals surface area contributed by atoms with E-state index in [4.69, 9.17) is 4.74 Å². The number of nitrogens with one attached hydrogen (secondary N) is 1. The highest BCUT2D eigenvalue weighted by molar-refractivity contribution is 5.84. The molecule has 2 rings (SSSR count). The Morgan fingerprint density at radius 2 is 2.00 bits per heavy atom. The summed E-state index contributed by atoms with van der Waals surface area (Å²) < 4.78 is 5.48. The molecule has 0 fully saturated rings. The first-order valence-electron chi connectivity index (χ1n) is 6.37. The van der Waals surface area contributed by atoms with Crippen LogP contribution in [0.3, 0.4) is 0 Å². The van der Waals surface area contributed by atoms with Gasteiger partial charge in [-0.3, -0.25) is 0 Å². The zero-order valence-corrected chi connectivity index (χ0v) is 11.9. The summed E-state index contributed by atoms with van der Waals surface area (Å²) >= 11 is 0. The molecule has 4 heteroatoms. The van der Waals surface area contributed by atoms with Crippen molar-refractivity contribution >= 4 is 16.9 Å². The minimum atomic E-state index is -0.204. The van der Waals surface area contributed by atoms with Crippen molar-refractivity contribution in [2.24, 2.45) is 0 Å². The first-order chi connectivity index (χ1) is 8.93. The van der Waals surface area contributed by atoms with Gasteiger partial charge in [-0.25, -0.2) is 4.79 Å². The lowest BCUT2D eigenvalue weighted by Crippen LogP contribution is -2.51. The molecule has 0 amide bonds. The topological polar surface area (TPSA) is 42.1 Å². The molecular formula is C15H21N2O2+. The largest absolute Gasteiger partial charge is 0.465 e. The smallest absolute Gasteiger partial charge is 0.365 e. The van der Waals surface area contributed by atoms with Crippen LogP contribution in [-0.2, 0) is 16.0 Å². The lowest BCUT2D eigenvalue weighted by molar-refractivity contribution is -0.887.